The summed E-state index contributed by atoms with van der Waals surface area (Å²) in [4.78, 5) is 18.9. The van der Waals surface area contributed by atoms with Crippen LogP contribution >= 0.6 is 0 Å². The first-order chi connectivity index (χ1) is 15.7. The maximum Gasteiger partial charge on any atom is 0.309 e. The van der Waals surface area contributed by atoms with Gasteiger partial charge >= 0.3 is 5.97 Å². The Balaban J connectivity index is 1.68. The third kappa shape index (κ3) is 4.27. The van der Waals surface area contributed by atoms with E-state index in [0.717, 1.165) is 0 Å². The molecule has 3 aromatic rings. The molecule has 1 fully saturated rings. The zero-order chi connectivity index (χ0) is 23.8. The summed E-state index contributed by atoms with van der Waals surface area (Å²) in [5, 5.41) is 14.3. The average molecular weight is 470 g/mol. The molecule has 1 aromatic carbocycles. The normalized spacial score (nSPS) is 18.9. The zero-order valence-electron chi connectivity index (χ0n) is 18.2. The van der Waals surface area contributed by atoms with E-state index in [9.17, 15) is 18.3 Å². The van der Waals surface area contributed by atoms with Gasteiger partial charge in [-0.2, -0.15) is 9.40 Å². The molecule has 2 aromatic heterocycles. The van der Waals surface area contributed by atoms with E-state index in [1.54, 1.807) is 22.9 Å². The number of sulfonamides is 1. The van der Waals surface area contributed by atoms with E-state index >= 15 is 0 Å². The lowest BCUT2D eigenvalue weighted by Crippen LogP contribution is -2.29. The van der Waals surface area contributed by atoms with E-state index in [4.69, 9.17) is 11.3 Å². The summed E-state index contributed by atoms with van der Waals surface area (Å²) in [7, 11) is -3.74. The van der Waals surface area contributed by atoms with Crippen LogP contribution in [0.4, 0.5) is 5.82 Å². The Morgan fingerprint density at radius 3 is 2.67 bits per heavy atom. The number of benzene rings is 1. The molecule has 10 nitrogen and oxygen atoms in total. The number of hydrogen-bond acceptors (Lipinski definition) is 6. The fourth-order valence-corrected chi connectivity index (χ4v) is 5.67. The number of carboxylic acids is 1. The van der Waals surface area contributed by atoms with E-state index in [2.05, 4.69) is 14.9 Å². The number of hydrogen-bond donors (Lipinski definition) is 1. The smallest absolute Gasteiger partial charge is 0.309 e. The van der Waals surface area contributed by atoms with Gasteiger partial charge in [0.25, 0.3) is 5.82 Å². The van der Waals surface area contributed by atoms with E-state index in [1.165, 1.54) is 22.6 Å². The fourth-order valence-electron chi connectivity index (χ4n) is 4.12. The molecule has 1 aliphatic heterocycles. The van der Waals surface area contributed by atoms with Gasteiger partial charge in [-0.15, -0.1) is 4.98 Å². The van der Waals surface area contributed by atoms with Gasteiger partial charge in [-0.3, -0.25) is 9.48 Å². The van der Waals surface area contributed by atoms with Gasteiger partial charge in [-0.05, 0) is 43.2 Å². The highest BCUT2D eigenvalue weighted by atomic mass is 32.2. The highest BCUT2D eigenvalue weighted by Gasteiger charge is 2.39. The van der Waals surface area contributed by atoms with Crippen molar-refractivity contribution in [1.29, 1.82) is 0 Å². The van der Waals surface area contributed by atoms with Crippen LogP contribution in [0.2, 0.25) is 0 Å². The second kappa shape index (κ2) is 8.80. The molecule has 1 N–H and O–H groups in total. The molecule has 0 aliphatic carbocycles. The van der Waals surface area contributed by atoms with E-state index in [-0.39, 0.29) is 42.2 Å². The first-order valence-corrected chi connectivity index (χ1v) is 11.9. The largest absolute Gasteiger partial charge is 0.494 e. The number of carboxylic acid groups (broad SMARTS) is 1. The summed E-state index contributed by atoms with van der Waals surface area (Å²) in [6.45, 7) is 12.0. The number of fused-ring (bicyclic) bond motifs is 1. The Morgan fingerprint density at radius 2 is 2.03 bits per heavy atom. The molecule has 33 heavy (non-hydrogen) atoms. The second-order valence-corrected chi connectivity index (χ2v) is 9.84. The number of ether oxygens (including phenoxy) is 1. The van der Waals surface area contributed by atoms with Gasteiger partial charge < -0.3 is 14.7 Å². The second-order valence-electron chi connectivity index (χ2n) is 7.90. The van der Waals surface area contributed by atoms with Crippen molar-refractivity contribution < 1.29 is 23.1 Å². The van der Waals surface area contributed by atoms with Crippen molar-refractivity contribution >= 4 is 32.7 Å². The molecule has 0 spiro atoms. The molecule has 2 atom stereocenters. The van der Waals surface area contributed by atoms with Gasteiger partial charge in [0, 0.05) is 13.1 Å². The van der Waals surface area contributed by atoms with Gasteiger partial charge in [0.2, 0.25) is 10.0 Å². The standard InChI is InChI=1S/C22H23N5O5S/c1-4-32-15-5-7-16(8-6-15)33(30,31)26-12-14(2)20(13-26)27-19-10-21(23-3)24-11-17(19)18(25-27)9-22(28)29/h5-8,10-11,14,20H,4,9,12-13H2,1-2H3,(H,28,29)/t14-,20-/m0/s1. The number of rotatable bonds is 7. The third-order valence-electron chi connectivity index (χ3n) is 5.71. The molecule has 0 radical (unpaired) electrons. The number of pyridine rings is 1. The summed E-state index contributed by atoms with van der Waals surface area (Å²) in [5.41, 5.74) is 0.908. The van der Waals surface area contributed by atoms with Crippen molar-refractivity contribution in [2.75, 3.05) is 19.7 Å². The summed E-state index contributed by atoms with van der Waals surface area (Å²) in [5.74, 6) is -0.361. The Hall–Kier alpha value is -3.49. The van der Waals surface area contributed by atoms with Crippen LogP contribution in [0, 0.1) is 12.5 Å². The van der Waals surface area contributed by atoms with Crippen molar-refractivity contribution in [1.82, 2.24) is 19.1 Å². The third-order valence-corrected chi connectivity index (χ3v) is 7.56. The number of nitrogens with zero attached hydrogens (tertiary/aromatic N) is 5. The van der Waals surface area contributed by atoms with E-state index < -0.39 is 16.0 Å². The average Bonchev–Trinajstić information content (AvgIpc) is 3.34. The van der Waals surface area contributed by atoms with Crippen LogP contribution < -0.4 is 4.74 Å². The van der Waals surface area contributed by atoms with Crippen LogP contribution in [0.5, 0.6) is 5.75 Å². The lowest BCUT2D eigenvalue weighted by atomic mass is 10.1. The van der Waals surface area contributed by atoms with Gasteiger partial charge in [-0.25, -0.2) is 8.42 Å². The molecule has 1 aliphatic rings. The number of aromatic nitrogens is 3. The molecule has 0 amide bonds. The van der Waals surface area contributed by atoms with Gasteiger partial charge in [0.1, 0.15) is 11.9 Å². The Labute approximate surface area is 191 Å². The number of aliphatic carboxylic acids is 1. The van der Waals surface area contributed by atoms with Gasteiger partial charge in [0.05, 0.1) is 40.6 Å². The lowest BCUT2D eigenvalue weighted by Gasteiger charge is -2.18. The predicted octanol–water partition coefficient (Wildman–Crippen LogP) is 2.89. The minimum absolute atomic E-state index is 0.0900. The summed E-state index contributed by atoms with van der Waals surface area (Å²) < 4.78 is 35.0. The molecule has 4 rings (SSSR count). The van der Waals surface area contributed by atoms with Crippen LogP contribution in [0.1, 0.15) is 25.6 Å². The molecule has 11 heteroatoms. The first kappa shape index (κ1) is 22.7. The maximum absolute atomic E-state index is 13.3. The highest BCUT2D eigenvalue weighted by Crippen LogP contribution is 2.35. The molecular formula is C22H23N5O5S. The van der Waals surface area contributed by atoms with Crippen molar-refractivity contribution in [3.8, 4) is 5.75 Å². The van der Waals surface area contributed by atoms with Crippen molar-refractivity contribution in [3.05, 3.63) is 53.6 Å². The molecule has 172 valence electrons. The Bertz CT molecular complexity index is 1340. The van der Waals surface area contributed by atoms with Crippen molar-refractivity contribution in [3.63, 3.8) is 0 Å². The topological polar surface area (TPSA) is 119 Å². The predicted molar refractivity (Wildman–Crippen MR) is 120 cm³/mol. The van der Waals surface area contributed by atoms with Crippen molar-refractivity contribution in [2.45, 2.75) is 31.2 Å². The van der Waals surface area contributed by atoms with Gasteiger partial charge in [0.15, 0.2) is 0 Å². The molecule has 0 unspecified atom stereocenters. The summed E-state index contributed by atoms with van der Waals surface area (Å²) >= 11 is 0. The Morgan fingerprint density at radius 1 is 1.30 bits per heavy atom. The van der Waals surface area contributed by atoms with Crippen LogP contribution in [0.15, 0.2) is 41.4 Å². The van der Waals surface area contributed by atoms with Crippen LogP contribution in [-0.2, 0) is 21.2 Å². The minimum Gasteiger partial charge on any atom is -0.494 e. The quantitative estimate of drug-likeness (QED) is 0.529. The monoisotopic (exact) mass is 469 g/mol. The fraction of sp³-hybridized carbons (Fsp3) is 0.364. The lowest BCUT2D eigenvalue weighted by molar-refractivity contribution is -0.136. The van der Waals surface area contributed by atoms with E-state index in [0.29, 0.717) is 29.0 Å². The zero-order valence-corrected chi connectivity index (χ0v) is 19.0. The highest BCUT2D eigenvalue weighted by molar-refractivity contribution is 7.89. The van der Waals surface area contributed by atoms with Crippen LogP contribution in [-0.4, -0.2) is 58.3 Å². The van der Waals surface area contributed by atoms with E-state index in [1.807, 2.05) is 13.8 Å². The van der Waals surface area contributed by atoms with Gasteiger partial charge in [-0.1, -0.05) is 13.5 Å². The minimum atomic E-state index is -3.74. The number of carbonyl (C=O) groups is 1. The Kier molecular flexibility index (Phi) is 6.05. The molecule has 1 saturated heterocycles. The molecule has 0 bridgehead atoms. The SMILES string of the molecule is [C-]#[N+]c1cc2c(cn1)c(CC(=O)O)nn2[C@H]1CN(S(=O)(=O)c2ccc(OCC)cc2)C[C@@H]1C. The maximum atomic E-state index is 13.3. The molecule has 0 saturated carbocycles. The van der Waals surface area contributed by atoms with Crippen LogP contribution in [0.25, 0.3) is 15.7 Å². The molecule has 3 heterocycles. The molecular weight excluding hydrogens is 446 g/mol. The first-order valence-electron chi connectivity index (χ1n) is 10.4. The summed E-state index contributed by atoms with van der Waals surface area (Å²) in [6, 6.07) is 7.56. The van der Waals surface area contributed by atoms with Crippen molar-refractivity contribution in [2.24, 2.45) is 5.92 Å². The summed E-state index contributed by atoms with van der Waals surface area (Å²) in [6.07, 6.45) is 1.16. The van der Waals surface area contributed by atoms with Crippen LogP contribution in [0.3, 0.4) is 0 Å².